The Morgan fingerprint density at radius 3 is 3.00 bits per heavy atom. The van der Waals surface area contributed by atoms with Crippen molar-refractivity contribution in [3.05, 3.63) is 16.1 Å². The molecule has 2 N–H and O–H groups in total. The molecular weight excluding hydrogens is 322 g/mol. The summed E-state index contributed by atoms with van der Waals surface area (Å²) in [5.41, 5.74) is 1.17. The molecule has 24 heavy (non-hydrogen) atoms. The van der Waals surface area contributed by atoms with Crippen molar-refractivity contribution in [1.82, 2.24) is 20.5 Å². The number of thiazole rings is 1. The van der Waals surface area contributed by atoms with Crippen LogP contribution in [-0.2, 0) is 11.3 Å². The smallest absolute Gasteiger partial charge is 0.191 e. The third kappa shape index (κ3) is 5.72. The molecule has 1 saturated heterocycles. The van der Waals surface area contributed by atoms with E-state index < -0.39 is 0 Å². The normalized spacial score (nSPS) is 19.2. The summed E-state index contributed by atoms with van der Waals surface area (Å²) >= 11 is 1.70. The number of guanidine groups is 1. The van der Waals surface area contributed by atoms with Crippen molar-refractivity contribution in [2.45, 2.75) is 45.2 Å². The predicted octanol–water partition coefficient (Wildman–Crippen LogP) is 2.04. The van der Waals surface area contributed by atoms with Crippen LogP contribution in [0.5, 0.6) is 0 Å². The second kappa shape index (κ2) is 9.96. The maximum absolute atomic E-state index is 5.20. The first-order chi connectivity index (χ1) is 11.6. The van der Waals surface area contributed by atoms with Gasteiger partial charge in [0.25, 0.3) is 0 Å². The van der Waals surface area contributed by atoms with Crippen LogP contribution in [0.1, 0.15) is 43.3 Å². The topological polar surface area (TPSA) is 61.8 Å². The Morgan fingerprint density at radius 2 is 2.33 bits per heavy atom. The lowest BCUT2D eigenvalue weighted by Crippen LogP contribution is -2.45. The molecule has 1 aliphatic rings. The molecule has 1 atom stereocenters. The fourth-order valence-corrected chi connectivity index (χ4v) is 3.79. The van der Waals surface area contributed by atoms with Gasteiger partial charge in [-0.15, -0.1) is 11.3 Å². The third-order valence-electron chi connectivity index (χ3n) is 4.38. The minimum atomic E-state index is 0.480. The Morgan fingerprint density at radius 1 is 1.50 bits per heavy atom. The number of nitrogens with zero attached hydrogens (tertiary/aromatic N) is 3. The van der Waals surface area contributed by atoms with Crippen LogP contribution in [0, 0.1) is 0 Å². The summed E-state index contributed by atoms with van der Waals surface area (Å²) in [5, 5.41) is 10.1. The molecule has 7 heteroatoms. The highest BCUT2D eigenvalue weighted by atomic mass is 32.1. The first kappa shape index (κ1) is 19.1. The molecule has 0 bridgehead atoms. The highest BCUT2D eigenvalue weighted by molar-refractivity contribution is 7.09. The van der Waals surface area contributed by atoms with Gasteiger partial charge in [-0.1, -0.05) is 13.8 Å². The van der Waals surface area contributed by atoms with Crippen molar-refractivity contribution >= 4 is 17.3 Å². The summed E-state index contributed by atoms with van der Waals surface area (Å²) in [4.78, 5) is 11.5. The van der Waals surface area contributed by atoms with Gasteiger partial charge < -0.3 is 15.4 Å². The van der Waals surface area contributed by atoms with E-state index in [0.717, 1.165) is 37.2 Å². The molecule has 2 rings (SSSR count). The number of rotatable bonds is 8. The minimum Gasteiger partial charge on any atom is -0.383 e. The van der Waals surface area contributed by atoms with E-state index in [2.05, 4.69) is 44.7 Å². The molecule has 136 valence electrons. The van der Waals surface area contributed by atoms with Crippen LogP contribution in [0.25, 0.3) is 0 Å². The van der Waals surface area contributed by atoms with Crippen LogP contribution in [0.2, 0.25) is 0 Å². The lowest BCUT2D eigenvalue weighted by atomic mass is 10.2. The lowest BCUT2D eigenvalue weighted by molar-refractivity contribution is 0.141. The summed E-state index contributed by atoms with van der Waals surface area (Å²) in [6.07, 6.45) is 2.50. The van der Waals surface area contributed by atoms with E-state index in [4.69, 9.17) is 4.74 Å². The summed E-state index contributed by atoms with van der Waals surface area (Å²) < 4.78 is 5.20. The molecule has 0 saturated carbocycles. The van der Waals surface area contributed by atoms with E-state index in [1.165, 1.54) is 25.1 Å². The van der Waals surface area contributed by atoms with Gasteiger partial charge in [0.2, 0.25) is 0 Å². The number of aliphatic imine (C=N–C) groups is 1. The molecule has 0 aliphatic carbocycles. The monoisotopic (exact) mass is 353 g/mol. The van der Waals surface area contributed by atoms with Gasteiger partial charge in [-0.3, -0.25) is 9.89 Å². The molecule has 1 aromatic heterocycles. The van der Waals surface area contributed by atoms with Crippen molar-refractivity contribution in [1.29, 1.82) is 0 Å². The average Bonchev–Trinajstić information content (AvgIpc) is 3.22. The van der Waals surface area contributed by atoms with Crippen LogP contribution in [0.15, 0.2) is 10.4 Å². The number of ether oxygens (including phenoxy) is 1. The van der Waals surface area contributed by atoms with Crippen molar-refractivity contribution in [2.75, 3.05) is 40.4 Å². The summed E-state index contributed by atoms with van der Waals surface area (Å²) in [7, 11) is 3.58. The highest BCUT2D eigenvalue weighted by Gasteiger charge is 2.23. The molecule has 2 heterocycles. The molecule has 6 nitrogen and oxygen atoms in total. The Labute approximate surface area is 149 Å². The Hall–Kier alpha value is -1.18. The highest BCUT2D eigenvalue weighted by Crippen LogP contribution is 2.17. The fourth-order valence-electron chi connectivity index (χ4n) is 2.90. The van der Waals surface area contributed by atoms with Gasteiger partial charge in [-0.2, -0.15) is 0 Å². The molecule has 0 spiro atoms. The average molecular weight is 354 g/mol. The van der Waals surface area contributed by atoms with Crippen LogP contribution < -0.4 is 10.6 Å². The molecule has 0 amide bonds. The van der Waals surface area contributed by atoms with E-state index in [-0.39, 0.29) is 0 Å². The quantitative estimate of drug-likeness (QED) is 0.553. The van der Waals surface area contributed by atoms with Crippen molar-refractivity contribution in [2.24, 2.45) is 4.99 Å². The zero-order chi connectivity index (χ0) is 17.4. The third-order valence-corrected chi connectivity index (χ3v) is 5.25. The minimum absolute atomic E-state index is 0.480. The van der Waals surface area contributed by atoms with Crippen LogP contribution in [0.4, 0.5) is 0 Å². The maximum Gasteiger partial charge on any atom is 0.191 e. The first-order valence-electron chi connectivity index (χ1n) is 8.75. The van der Waals surface area contributed by atoms with Gasteiger partial charge in [0.1, 0.15) is 5.01 Å². The molecule has 1 fully saturated rings. The number of hydrogen-bond donors (Lipinski definition) is 2. The van der Waals surface area contributed by atoms with Crippen molar-refractivity contribution in [3.8, 4) is 0 Å². The number of aromatic nitrogens is 1. The van der Waals surface area contributed by atoms with Gasteiger partial charge >= 0.3 is 0 Å². The van der Waals surface area contributed by atoms with Crippen LogP contribution >= 0.6 is 11.3 Å². The molecule has 0 aromatic carbocycles. The Kier molecular flexibility index (Phi) is 7.94. The second-order valence-corrected chi connectivity index (χ2v) is 7.39. The van der Waals surface area contributed by atoms with Gasteiger partial charge in [0.15, 0.2) is 5.96 Å². The summed E-state index contributed by atoms with van der Waals surface area (Å²) in [5.74, 6) is 1.32. The van der Waals surface area contributed by atoms with E-state index in [0.29, 0.717) is 12.0 Å². The van der Waals surface area contributed by atoms with Crippen molar-refractivity contribution in [3.63, 3.8) is 0 Å². The number of likely N-dealkylation sites (tertiary alicyclic amines) is 1. The first-order valence-corrected chi connectivity index (χ1v) is 9.63. The summed E-state index contributed by atoms with van der Waals surface area (Å²) in [6, 6.07) is 0.561. The molecule has 1 unspecified atom stereocenters. The van der Waals surface area contributed by atoms with Gasteiger partial charge in [0.05, 0.1) is 18.8 Å². The van der Waals surface area contributed by atoms with E-state index in [9.17, 15) is 0 Å². The maximum atomic E-state index is 5.20. The fraction of sp³-hybridized carbons (Fsp3) is 0.765. The Balaban J connectivity index is 1.75. The number of nitrogens with one attached hydrogen (secondary N) is 2. The second-order valence-electron chi connectivity index (χ2n) is 6.45. The van der Waals surface area contributed by atoms with Gasteiger partial charge in [0, 0.05) is 38.7 Å². The van der Waals surface area contributed by atoms with E-state index in [1.54, 1.807) is 18.4 Å². The predicted molar refractivity (Wildman–Crippen MR) is 101 cm³/mol. The van der Waals surface area contributed by atoms with Gasteiger partial charge in [-0.25, -0.2) is 4.98 Å². The molecule has 1 aliphatic heterocycles. The largest absolute Gasteiger partial charge is 0.383 e. The van der Waals surface area contributed by atoms with E-state index in [1.807, 2.05) is 7.05 Å². The molecule has 1 aromatic rings. The van der Waals surface area contributed by atoms with Crippen LogP contribution in [-0.4, -0.2) is 62.3 Å². The SMILES string of the molecule is CN=C(NCc1nc(C(C)C)cs1)NCC1CCCN1CCOC. The number of methoxy groups -OCH3 is 1. The number of hydrogen-bond acceptors (Lipinski definition) is 5. The Bertz CT molecular complexity index is 517. The standard InChI is InChI=1S/C17H31N5OS/c1-13(2)15-12-24-16(21-15)11-20-17(18-3)19-10-14-6-5-7-22(14)8-9-23-4/h12-14H,5-11H2,1-4H3,(H2,18,19,20). The van der Waals surface area contributed by atoms with Gasteiger partial charge in [-0.05, 0) is 25.3 Å². The molecule has 0 radical (unpaired) electrons. The lowest BCUT2D eigenvalue weighted by Gasteiger charge is -2.25. The van der Waals surface area contributed by atoms with E-state index >= 15 is 0 Å². The molecular formula is C17H31N5OS. The zero-order valence-corrected chi connectivity index (χ0v) is 16.2. The summed E-state index contributed by atoms with van der Waals surface area (Å²) in [6.45, 7) is 8.94. The zero-order valence-electron chi connectivity index (χ0n) is 15.3. The van der Waals surface area contributed by atoms with Crippen molar-refractivity contribution < 1.29 is 4.74 Å². The van der Waals surface area contributed by atoms with Crippen LogP contribution in [0.3, 0.4) is 0 Å².